The summed E-state index contributed by atoms with van der Waals surface area (Å²) in [6.07, 6.45) is -4.00. The fourth-order valence-corrected chi connectivity index (χ4v) is 5.70. The lowest BCUT2D eigenvalue weighted by Gasteiger charge is -2.60. The van der Waals surface area contributed by atoms with Crippen molar-refractivity contribution in [3.05, 3.63) is 23.4 Å². The number of urea groups is 1. The molecule has 0 aromatic carbocycles. The SMILES string of the molecule is COc1nc(C(F)(F)F)ccc1C(F)(F)C1CC2(C1)CN(C(=O)N1CC[C@@H]3OCC(=O)N[C@@H]3C1)C2. The largest absolute Gasteiger partial charge is 0.481 e. The molecule has 1 spiro atoms. The van der Waals surface area contributed by atoms with Gasteiger partial charge in [0.25, 0.3) is 5.92 Å². The number of carbonyl (C=O) groups excluding carboxylic acids is 2. The van der Waals surface area contributed by atoms with E-state index >= 15 is 8.78 Å². The van der Waals surface area contributed by atoms with Crippen LogP contribution in [0, 0.1) is 11.3 Å². The summed E-state index contributed by atoms with van der Waals surface area (Å²) in [5, 5.41) is 2.84. The van der Waals surface area contributed by atoms with Crippen molar-refractivity contribution in [1.29, 1.82) is 0 Å². The summed E-state index contributed by atoms with van der Waals surface area (Å²) in [5.41, 5.74) is -2.38. The fraction of sp³-hybridized carbons (Fsp3) is 0.682. The molecular formula is C22H25F5N4O4. The molecule has 1 aliphatic carbocycles. The first kappa shape index (κ1) is 24.0. The molecule has 1 aromatic rings. The number of ether oxygens (including phenoxy) is 2. The topological polar surface area (TPSA) is 84.0 Å². The van der Waals surface area contributed by atoms with Crippen LogP contribution in [0.2, 0.25) is 0 Å². The summed E-state index contributed by atoms with van der Waals surface area (Å²) < 4.78 is 79.3. The minimum atomic E-state index is -4.77. The number of alkyl halides is 5. The van der Waals surface area contributed by atoms with Gasteiger partial charge in [-0.3, -0.25) is 4.79 Å². The van der Waals surface area contributed by atoms with E-state index in [4.69, 9.17) is 9.47 Å². The first-order valence-corrected chi connectivity index (χ1v) is 11.4. The molecule has 0 radical (unpaired) electrons. The molecule has 13 heteroatoms. The molecule has 4 aliphatic rings. The Morgan fingerprint density at radius 3 is 2.57 bits per heavy atom. The highest BCUT2D eigenvalue weighted by molar-refractivity contribution is 5.79. The third-order valence-corrected chi connectivity index (χ3v) is 7.49. The van der Waals surface area contributed by atoms with Crippen LogP contribution in [0.3, 0.4) is 0 Å². The molecule has 35 heavy (non-hydrogen) atoms. The first-order chi connectivity index (χ1) is 16.4. The number of likely N-dealkylation sites (tertiary alicyclic amines) is 2. The minimum Gasteiger partial charge on any atom is -0.481 e. The second-order valence-electron chi connectivity index (χ2n) is 9.88. The quantitative estimate of drug-likeness (QED) is 0.640. The van der Waals surface area contributed by atoms with E-state index in [0.29, 0.717) is 38.7 Å². The smallest absolute Gasteiger partial charge is 0.433 e. The Morgan fingerprint density at radius 1 is 1.20 bits per heavy atom. The number of hydrogen-bond acceptors (Lipinski definition) is 5. The van der Waals surface area contributed by atoms with Gasteiger partial charge in [-0.25, -0.2) is 18.6 Å². The van der Waals surface area contributed by atoms with Crippen molar-refractivity contribution >= 4 is 11.9 Å². The van der Waals surface area contributed by atoms with Gasteiger partial charge in [0.15, 0.2) is 0 Å². The monoisotopic (exact) mass is 504 g/mol. The standard InChI is InChI=1S/C22H25F5N4O4/c1-34-18-13(2-3-16(29-18)22(25,26)27)21(23,24)12-6-20(7-12)10-31(11-20)19(33)30-5-4-15-14(8-30)28-17(32)9-35-15/h2-3,12,14-15H,4-11H2,1H3,(H,28,32)/t14-,15+/m1/s1. The van der Waals surface area contributed by atoms with Gasteiger partial charge in [-0.1, -0.05) is 0 Å². The number of piperidine rings is 1. The van der Waals surface area contributed by atoms with Crippen molar-refractivity contribution in [2.45, 2.75) is 43.5 Å². The van der Waals surface area contributed by atoms with Crippen LogP contribution in [-0.4, -0.2) is 78.8 Å². The van der Waals surface area contributed by atoms with Crippen LogP contribution < -0.4 is 10.1 Å². The molecule has 5 rings (SSSR count). The number of amides is 3. The Morgan fingerprint density at radius 2 is 1.91 bits per heavy atom. The zero-order valence-electron chi connectivity index (χ0n) is 18.9. The van der Waals surface area contributed by atoms with Gasteiger partial charge in [0.05, 0.1) is 24.8 Å². The van der Waals surface area contributed by atoms with Crippen LogP contribution >= 0.6 is 0 Å². The maximum Gasteiger partial charge on any atom is 0.433 e. The Balaban J connectivity index is 1.18. The summed E-state index contributed by atoms with van der Waals surface area (Å²) >= 11 is 0. The number of fused-ring (bicyclic) bond motifs is 1. The number of aromatic nitrogens is 1. The van der Waals surface area contributed by atoms with E-state index in [9.17, 15) is 22.8 Å². The molecule has 3 aliphatic heterocycles. The molecule has 0 unspecified atom stereocenters. The maximum atomic E-state index is 15.2. The molecule has 1 aromatic heterocycles. The van der Waals surface area contributed by atoms with E-state index in [0.717, 1.165) is 13.2 Å². The molecule has 0 bridgehead atoms. The third kappa shape index (κ3) is 4.17. The van der Waals surface area contributed by atoms with Crippen molar-refractivity contribution in [1.82, 2.24) is 20.1 Å². The maximum absolute atomic E-state index is 15.2. The van der Waals surface area contributed by atoms with Crippen molar-refractivity contribution in [3.8, 4) is 5.88 Å². The van der Waals surface area contributed by atoms with Crippen LogP contribution in [0.25, 0.3) is 0 Å². The van der Waals surface area contributed by atoms with E-state index in [1.807, 2.05) is 0 Å². The number of pyridine rings is 1. The third-order valence-electron chi connectivity index (χ3n) is 7.49. The molecule has 1 N–H and O–H groups in total. The predicted molar refractivity (Wildman–Crippen MR) is 110 cm³/mol. The van der Waals surface area contributed by atoms with Crippen molar-refractivity contribution < 1.29 is 41.0 Å². The van der Waals surface area contributed by atoms with Crippen molar-refractivity contribution in [2.75, 3.05) is 39.9 Å². The number of halogens is 5. The highest BCUT2D eigenvalue weighted by atomic mass is 19.4. The molecule has 8 nitrogen and oxygen atoms in total. The number of methoxy groups -OCH3 is 1. The Kier molecular flexibility index (Phi) is 5.61. The average molecular weight is 504 g/mol. The van der Waals surface area contributed by atoms with Crippen LogP contribution in [0.5, 0.6) is 5.88 Å². The van der Waals surface area contributed by atoms with Gasteiger partial charge >= 0.3 is 12.2 Å². The molecule has 4 heterocycles. The van der Waals surface area contributed by atoms with Crippen molar-refractivity contribution in [2.24, 2.45) is 11.3 Å². The Hall–Kier alpha value is -2.70. The summed E-state index contributed by atoms with van der Waals surface area (Å²) in [7, 11) is 1.01. The van der Waals surface area contributed by atoms with E-state index in [2.05, 4.69) is 10.3 Å². The number of morpholine rings is 1. The first-order valence-electron chi connectivity index (χ1n) is 11.4. The van der Waals surface area contributed by atoms with Crippen LogP contribution in [0.15, 0.2) is 12.1 Å². The molecule has 1 saturated carbocycles. The van der Waals surface area contributed by atoms with Gasteiger partial charge in [0.2, 0.25) is 11.8 Å². The second kappa shape index (κ2) is 8.17. The Labute approximate surface area is 197 Å². The molecule has 192 valence electrons. The van der Waals surface area contributed by atoms with Gasteiger partial charge in [-0.2, -0.15) is 13.2 Å². The second-order valence-corrected chi connectivity index (χ2v) is 9.88. The normalized spacial score (nSPS) is 26.5. The van der Waals surface area contributed by atoms with Gasteiger partial charge < -0.3 is 24.6 Å². The number of nitrogens with zero attached hydrogens (tertiary/aromatic N) is 3. The zero-order valence-corrected chi connectivity index (χ0v) is 18.9. The van der Waals surface area contributed by atoms with Crippen molar-refractivity contribution in [3.63, 3.8) is 0 Å². The van der Waals surface area contributed by atoms with Gasteiger partial charge in [0.1, 0.15) is 12.3 Å². The lowest BCUT2D eigenvalue weighted by molar-refractivity contribution is -0.179. The van der Waals surface area contributed by atoms with E-state index in [1.54, 1.807) is 9.80 Å². The lowest BCUT2D eigenvalue weighted by atomic mass is 9.55. The molecule has 4 fully saturated rings. The van der Waals surface area contributed by atoms with Crippen LogP contribution in [-0.2, 0) is 21.6 Å². The Bertz CT molecular complexity index is 1020. The van der Waals surface area contributed by atoms with Gasteiger partial charge in [0, 0.05) is 37.5 Å². The molecular weight excluding hydrogens is 479 g/mol. The average Bonchev–Trinajstić information content (AvgIpc) is 2.75. The zero-order chi connectivity index (χ0) is 25.2. The number of rotatable bonds is 3. The van der Waals surface area contributed by atoms with Crippen LogP contribution in [0.4, 0.5) is 26.7 Å². The number of carbonyl (C=O) groups is 2. The minimum absolute atomic E-state index is 0.0178. The summed E-state index contributed by atoms with van der Waals surface area (Å²) in [5.74, 6) is -5.46. The highest BCUT2D eigenvalue weighted by Gasteiger charge is 2.62. The van der Waals surface area contributed by atoms with Gasteiger partial charge in [-0.05, 0) is 31.4 Å². The molecule has 3 saturated heterocycles. The number of hydrogen-bond donors (Lipinski definition) is 1. The van der Waals surface area contributed by atoms with E-state index in [-0.39, 0.29) is 43.5 Å². The summed E-state index contributed by atoms with van der Waals surface area (Å²) in [6.45, 7) is 1.52. The van der Waals surface area contributed by atoms with E-state index < -0.39 is 40.6 Å². The van der Waals surface area contributed by atoms with Crippen LogP contribution in [0.1, 0.15) is 30.5 Å². The summed E-state index contributed by atoms with van der Waals surface area (Å²) in [4.78, 5) is 31.0. The van der Waals surface area contributed by atoms with Gasteiger partial charge in [-0.15, -0.1) is 0 Å². The lowest BCUT2D eigenvalue weighted by Crippen LogP contribution is -2.69. The van der Waals surface area contributed by atoms with E-state index in [1.165, 1.54) is 0 Å². The molecule has 2 atom stereocenters. The summed E-state index contributed by atoms with van der Waals surface area (Å²) in [6, 6.07) is 0.807. The number of nitrogens with one attached hydrogen (secondary N) is 1. The molecule has 3 amide bonds. The predicted octanol–water partition coefficient (Wildman–Crippen LogP) is 2.62. The fourth-order valence-electron chi connectivity index (χ4n) is 5.70. The highest BCUT2D eigenvalue weighted by Crippen LogP contribution is 2.60.